The van der Waals surface area contributed by atoms with Crippen LogP contribution >= 0.6 is 15.9 Å². The lowest BCUT2D eigenvalue weighted by Crippen LogP contribution is -2.15. The summed E-state index contributed by atoms with van der Waals surface area (Å²) in [7, 11) is 0. The number of pyridine rings is 1. The van der Waals surface area contributed by atoms with Crippen LogP contribution in [0.1, 0.15) is 15.9 Å². The molecule has 0 aliphatic carbocycles. The van der Waals surface area contributed by atoms with Crippen molar-refractivity contribution >= 4 is 33.2 Å². The van der Waals surface area contributed by atoms with E-state index in [-0.39, 0.29) is 5.91 Å². The maximum Gasteiger partial charge on any atom is 0.259 e. The molecule has 2 aromatic heterocycles. The second-order valence-corrected chi connectivity index (χ2v) is 7.84. The molecule has 0 unspecified atom stereocenters. The molecule has 7 nitrogen and oxygen atoms in total. The van der Waals surface area contributed by atoms with Crippen molar-refractivity contribution < 1.29 is 14.3 Å². The summed E-state index contributed by atoms with van der Waals surface area (Å²) in [4.78, 5) is 13.0. The first-order chi connectivity index (χ1) is 14.6. The van der Waals surface area contributed by atoms with E-state index in [0.717, 1.165) is 38.3 Å². The molecule has 150 valence electrons. The van der Waals surface area contributed by atoms with Crippen LogP contribution in [0.3, 0.4) is 0 Å². The Morgan fingerprint density at radius 3 is 2.83 bits per heavy atom. The van der Waals surface area contributed by atoms with Gasteiger partial charge in [0.25, 0.3) is 5.91 Å². The Morgan fingerprint density at radius 2 is 1.97 bits per heavy atom. The summed E-state index contributed by atoms with van der Waals surface area (Å²) in [6, 6.07) is 13.4. The third kappa shape index (κ3) is 3.29. The first kappa shape index (κ1) is 18.6. The van der Waals surface area contributed by atoms with Gasteiger partial charge in [0.1, 0.15) is 19.5 Å². The third-order valence-corrected chi connectivity index (χ3v) is 5.47. The van der Waals surface area contributed by atoms with Gasteiger partial charge in [0.2, 0.25) is 0 Å². The Balaban J connectivity index is 1.49. The fourth-order valence-corrected chi connectivity index (χ4v) is 4.00. The van der Waals surface area contributed by atoms with Gasteiger partial charge in [-0.3, -0.25) is 9.20 Å². The fourth-order valence-electron chi connectivity index (χ4n) is 3.55. The summed E-state index contributed by atoms with van der Waals surface area (Å²) in [6.45, 7) is 3.08. The number of halogens is 1. The molecule has 1 amide bonds. The van der Waals surface area contributed by atoms with Crippen LogP contribution in [0.2, 0.25) is 0 Å². The number of nitrogens with zero attached hydrogens (tertiary/aromatic N) is 3. The van der Waals surface area contributed by atoms with E-state index in [1.807, 2.05) is 43.3 Å². The van der Waals surface area contributed by atoms with E-state index in [9.17, 15) is 4.79 Å². The number of amides is 1. The molecule has 0 saturated carbocycles. The van der Waals surface area contributed by atoms with Gasteiger partial charge in [-0.2, -0.15) is 0 Å². The number of fused-ring (bicyclic) bond motifs is 2. The summed E-state index contributed by atoms with van der Waals surface area (Å²) < 4.78 is 13.8. The van der Waals surface area contributed by atoms with Gasteiger partial charge in [0.05, 0.1) is 5.56 Å². The molecular formula is C22H17BrN4O3. The summed E-state index contributed by atoms with van der Waals surface area (Å²) >= 11 is 3.43. The van der Waals surface area contributed by atoms with Gasteiger partial charge in [-0.15, -0.1) is 10.2 Å². The lowest BCUT2D eigenvalue weighted by Gasteiger charge is -2.20. The molecule has 8 heteroatoms. The average molecular weight is 465 g/mol. The highest BCUT2D eigenvalue weighted by Crippen LogP contribution is 2.37. The predicted octanol–water partition coefficient (Wildman–Crippen LogP) is 4.49. The zero-order chi connectivity index (χ0) is 20.7. The van der Waals surface area contributed by atoms with Crippen LogP contribution in [-0.4, -0.2) is 33.7 Å². The molecule has 1 aliphatic rings. The molecule has 0 fully saturated rings. The van der Waals surface area contributed by atoms with Gasteiger partial charge in [0.15, 0.2) is 17.1 Å². The molecule has 30 heavy (non-hydrogen) atoms. The Hall–Kier alpha value is -3.39. The van der Waals surface area contributed by atoms with Gasteiger partial charge >= 0.3 is 0 Å². The predicted molar refractivity (Wildman–Crippen MR) is 116 cm³/mol. The monoisotopic (exact) mass is 464 g/mol. The van der Waals surface area contributed by atoms with Crippen molar-refractivity contribution in [2.75, 3.05) is 18.5 Å². The topological polar surface area (TPSA) is 77.8 Å². The SMILES string of the molecule is Cc1c(NC(=O)c2cc(Br)cn3cnnc23)cccc1-c1ccc2c(c1)OCCO2. The minimum absolute atomic E-state index is 0.253. The molecule has 5 rings (SSSR count). The summed E-state index contributed by atoms with van der Waals surface area (Å²) in [5.74, 6) is 1.23. The van der Waals surface area contributed by atoms with Crippen LogP contribution < -0.4 is 14.8 Å². The molecule has 1 N–H and O–H groups in total. The van der Waals surface area contributed by atoms with Crippen LogP contribution in [0, 0.1) is 6.92 Å². The van der Waals surface area contributed by atoms with Crippen molar-refractivity contribution in [3.8, 4) is 22.6 Å². The number of carbonyl (C=O) groups is 1. The first-order valence-electron chi connectivity index (χ1n) is 9.40. The Labute approximate surface area is 180 Å². The standard InChI is InChI=1S/C22H17BrN4O3/c1-13-16(14-5-6-19-20(9-14)30-8-7-29-19)3-2-4-18(13)25-22(28)17-10-15(23)11-27-12-24-26-21(17)27/h2-6,9-12H,7-8H2,1H3,(H,25,28). The van der Waals surface area contributed by atoms with Crippen LogP contribution in [0.5, 0.6) is 11.5 Å². The molecule has 0 bridgehead atoms. The zero-order valence-electron chi connectivity index (χ0n) is 16.1. The second kappa shape index (κ2) is 7.46. The molecule has 3 heterocycles. The molecule has 4 aromatic rings. The van der Waals surface area contributed by atoms with E-state index < -0.39 is 0 Å². The van der Waals surface area contributed by atoms with Gasteiger partial charge in [-0.25, -0.2) is 0 Å². The van der Waals surface area contributed by atoms with E-state index >= 15 is 0 Å². The van der Waals surface area contributed by atoms with Gasteiger partial charge in [-0.1, -0.05) is 18.2 Å². The Bertz CT molecular complexity index is 1280. The molecule has 0 radical (unpaired) electrons. The van der Waals surface area contributed by atoms with Crippen molar-refractivity contribution in [2.45, 2.75) is 6.92 Å². The lowest BCUT2D eigenvalue weighted by molar-refractivity contribution is 0.102. The van der Waals surface area contributed by atoms with Crippen molar-refractivity contribution in [3.05, 3.63) is 70.6 Å². The van der Waals surface area contributed by atoms with Crippen LogP contribution in [-0.2, 0) is 0 Å². The van der Waals surface area contributed by atoms with E-state index in [1.165, 1.54) is 0 Å². The van der Waals surface area contributed by atoms with E-state index in [1.54, 1.807) is 23.0 Å². The summed E-state index contributed by atoms with van der Waals surface area (Å²) in [6.07, 6.45) is 3.37. The number of benzene rings is 2. The molecule has 0 spiro atoms. The summed E-state index contributed by atoms with van der Waals surface area (Å²) in [5.41, 5.74) is 4.61. The first-order valence-corrected chi connectivity index (χ1v) is 10.2. The van der Waals surface area contributed by atoms with Crippen molar-refractivity contribution in [1.82, 2.24) is 14.6 Å². The number of hydrogen-bond donors (Lipinski definition) is 1. The molecule has 2 aromatic carbocycles. The van der Waals surface area contributed by atoms with Crippen molar-refractivity contribution in [1.29, 1.82) is 0 Å². The van der Waals surface area contributed by atoms with E-state index in [0.29, 0.717) is 24.4 Å². The number of aromatic nitrogens is 3. The highest BCUT2D eigenvalue weighted by molar-refractivity contribution is 9.10. The number of anilines is 1. The summed E-state index contributed by atoms with van der Waals surface area (Å²) in [5, 5.41) is 11.0. The number of hydrogen-bond acceptors (Lipinski definition) is 5. The highest BCUT2D eigenvalue weighted by atomic mass is 79.9. The Morgan fingerprint density at radius 1 is 1.13 bits per heavy atom. The maximum atomic E-state index is 13.0. The molecule has 0 saturated heterocycles. The maximum absolute atomic E-state index is 13.0. The number of nitrogens with one attached hydrogen (secondary N) is 1. The third-order valence-electron chi connectivity index (χ3n) is 5.04. The number of ether oxygens (including phenoxy) is 2. The number of carbonyl (C=O) groups excluding carboxylic acids is 1. The normalized spacial score (nSPS) is 12.7. The van der Waals surface area contributed by atoms with Gasteiger partial charge in [-0.05, 0) is 63.8 Å². The number of rotatable bonds is 3. The highest BCUT2D eigenvalue weighted by Gasteiger charge is 2.17. The lowest BCUT2D eigenvalue weighted by atomic mass is 9.98. The van der Waals surface area contributed by atoms with Gasteiger partial charge < -0.3 is 14.8 Å². The Kier molecular flexibility index (Phi) is 4.63. The van der Waals surface area contributed by atoms with Crippen LogP contribution in [0.25, 0.3) is 16.8 Å². The van der Waals surface area contributed by atoms with Crippen LogP contribution in [0.15, 0.2) is 59.5 Å². The minimum Gasteiger partial charge on any atom is -0.486 e. The fraction of sp³-hybridized carbons (Fsp3) is 0.136. The van der Waals surface area contributed by atoms with E-state index in [4.69, 9.17) is 9.47 Å². The molecule has 1 aliphatic heterocycles. The second-order valence-electron chi connectivity index (χ2n) is 6.92. The molecular weight excluding hydrogens is 448 g/mol. The smallest absolute Gasteiger partial charge is 0.259 e. The molecule has 0 atom stereocenters. The van der Waals surface area contributed by atoms with Crippen molar-refractivity contribution in [3.63, 3.8) is 0 Å². The quantitative estimate of drug-likeness (QED) is 0.483. The minimum atomic E-state index is -0.253. The largest absolute Gasteiger partial charge is 0.486 e. The van der Waals surface area contributed by atoms with Crippen molar-refractivity contribution in [2.24, 2.45) is 0 Å². The zero-order valence-corrected chi connectivity index (χ0v) is 17.6. The average Bonchev–Trinajstić information content (AvgIpc) is 3.22. The van der Waals surface area contributed by atoms with E-state index in [2.05, 4.69) is 31.4 Å². The van der Waals surface area contributed by atoms with Gasteiger partial charge in [0, 0.05) is 16.4 Å². The van der Waals surface area contributed by atoms with Crippen LogP contribution in [0.4, 0.5) is 5.69 Å².